The van der Waals surface area contributed by atoms with Crippen LogP contribution in [0.5, 0.6) is 0 Å². The first-order valence-electron chi connectivity index (χ1n) is 4.85. The Morgan fingerprint density at radius 1 is 1.44 bits per heavy atom. The summed E-state index contributed by atoms with van der Waals surface area (Å²) in [6, 6.07) is 4.24. The Kier molecular flexibility index (Phi) is 3.38. The van der Waals surface area contributed by atoms with E-state index in [-0.39, 0.29) is 11.4 Å². The van der Waals surface area contributed by atoms with Crippen LogP contribution < -0.4 is 5.14 Å². The summed E-state index contributed by atoms with van der Waals surface area (Å²) >= 11 is 5.63. The lowest BCUT2D eigenvalue weighted by atomic mass is 10.2. The van der Waals surface area contributed by atoms with E-state index in [4.69, 9.17) is 16.7 Å². The van der Waals surface area contributed by atoms with Crippen LogP contribution in [0.4, 0.5) is 4.39 Å². The topological polar surface area (TPSA) is 78.0 Å². The van der Waals surface area contributed by atoms with E-state index < -0.39 is 15.8 Å². The fourth-order valence-corrected chi connectivity index (χ4v) is 2.02. The second-order valence-electron chi connectivity index (χ2n) is 3.65. The van der Waals surface area contributed by atoms with Crippen molar-refractivity contribution < 1.29 is 12.8 Å². The smallest absolute Gasteiger partial charge is 0.241 e. The molecule has 0 spiro atoms. The fraction of sp³-hybridized carbons (Fsp3) is 0.100. The van der Waals surface area contributed by atoms with Gasteiger partial charge >= 0.3 is 0 Å². The zero-order chi connectivity index (χ0) is 13.3. The molecule has 0 aliphatic heterocycles. The van der Waals surface area contributed by atoms with Crippen LogP contribution >= 0.6 is 11.6 Å². The van der Waals surface area contributed by atoms with E-state index >= 15 is 0 Å². The van der Waals surface area contributed by atoms with Gasteiger partial charge in [0.2, 0.25) is 10.0 Å². The molecule has 0 saturated carbocycles. The number of primary sulfonamides is 1. The Labute approximate surface area is 108 Å². The first-order chi connectivity index (χ1) is 8.36. The van der Waals surface area contributed by atoms with E-state index in [0.29, 0.717) is 10.6 Å². The van der Waals surface area contributed by atoms with Crippen LogP contribution in [0.25, 0.3) is 0 Å². The Bertz CT molecular complexity index is 684. The fourth-order valence-electron chi connectivity index (χ4n) is 1.40. The SMILES string of the molecule is NS(=O)(=O)c1cnn(Cc2ccc(Cl)cc2F)c1. The standard InChI is InChI=1S/C10H9ClFN3O2S/c11-8-2-1-7(10(12)3-8)5-15-6-9(4-14-15)18(13,16)17/h1-4,6H,5H2,(H2,13,16,17). The second kappa shape index (κ2) is 4.68. The number of nitrogens with two attached hydrogens (primary N) is 1. The molecule has 2 N–H and O–H groups in total. The molecule has 5 nitrogen and oxygen atoms in total. The zero-order valence-electron chi connectivity index (χ0n) is 9.05. The normalized spacial score (nSPS) is 11.7. The van der Waals surface area contributed by atoms with Crippen LogP contribution in [0.2, 0.25) is 5.02 Å². The summed E-state index contributed by atoms with van der Waals surface area (Å²) < 4.78 is 36.9. The third-order valence-corrected chi connectivity index (χ3v) is 3.39. The van der Waals surface area contributed by atoms with Gasteiger partial charge in [-0.1, -0.05) is 17.7 Å². The van der Waals surface area contributed by atoms with E-state index in [1.54, 1.807) is 6.07 Å². The van der Waals surface area contributed by atoms with Gasteiger partial charge in [0.15, 0.2) is 0 Å². The minimum absolute atomic E-state index is 0.0958. The molecule has 18 heavy (non-hydrogen) atoms. The van der Waals surface area contributed by atoms with Crippen molar-refractivity contribution in [1.82, 2.24) is 9.78 Å². The number of nitrogens with zero attached hydrogens (tertiary/aromatic N) is 2. The maximum atomic E-state index is 13.5. The Morgan fingerprint density at radius 3 is 2.72 bits per heavy atom. The molecule has 0 fully saturated rings. The van der Waals surface area contributed by atoms with Gasteiger partial charge in [-0.2, -0.15) is 5.10 Å². The summed E-state index contributed by atoms with van der Waals surface area (Å²) in [5.41, 5.74) is 0.350. The highest BCUT2D eigenvalue weighted by Crippen LogP contribution is 2.16. The molecule has 96 valence electrons. The number of sulfonamides is 1. The van der Waals surface area contributed by atoms with Crippen molar-refractivity contribution in [1.29, 1.82) is 0 Å². The Morgan fingerprint density at radius 2 is 2.17 bits per heavy atom. The van der Waals surface area contributed by atoms with Crippen molar-refractivity contribution in [2.24, 2.45) is 5.14 Å². The van der Waals surface area contributed by atoms with Gasteiger partial charge in [-0.15, -0.1) is 0 Å². The lowest BCUT2D eigenvalue weighted by Gasteiger charge is -2.03. The summed E-state index contributed by atoms with van der Waals surface area (Å²) in [4.78, 5) is -0.114. The molecule has 0 saturated heterocycles. The molecule has 0 bridgehead atoms. The van der Waals surface area contributed by atoms with Crippen LogP contribution in [0.15, 0.2) is 35.5 Å². The van der Waals surface area contributed by atoms with E-state index in [1.165, 1.54) is 23.0 Å². The maximum absolute atomic E-state index is 13.5. The highest BCUT2D eigenvalue weighted by atomic mass is 35.5. The van der Waals surface area contributed by atoms with Crippen molar-refractivity contribution in [3.05, 3.63) is 47.0 Å². The number of rotatable bonds is 3. The minimum Gasteiger partial charge on any atom is -0.267 e. The second-order valence-corrected chi connectivity index (χ2v) is 5.65. The molecule has 0 radical (unpaired) electrons. The van der Waals surface area contributed by atoms with Crippen molar-refractivity contribution in [2.75, 3.05) is 0 Å². The third kappa shape index (κ3) is 2.87. The van der Waals surface area contributed by atoms with E-state index in [0.717, 1.165) is 6.20 Å². The summed E-state index contributed by atoms with van der Waals surface area (Å²) in [6.07, 6.45) is 2.35. The molecule has 8 heteroatoms. The highest BCUT2D eigenvalue weighted by molar-refractivity contribution is 7.89. The van der Waals surface area contributed by atoms with E-state index in [1.807, 2.05) is 0 Å². The molecule has 0 atom stereocenters. The summed E-state index contributed by atoms with van der Waals surface area (Å²) in [5, 5.41) is 9.03. The largest absolute Gasteiger partial charge is 0.267 e. The van der Waals surface area contributed by atoms with Gasteiger partial charge in [0.25, 0.3) is 0 Å². The predicted molar refractivity (Wildman–Crippen MR) is 64.1 cm³/mol. The molecule has 2 rings (SSSR count). The van der Waals surface area contributed by atoms with Crippen LogP contribution in [-0.4, -0.2) is 18.2 Å². The molecule has 1 heterocycles. The minimum atomic E-state index is -3.79. The number of aromatic nitrogens is 2. The average Bonchev–Trinajstić information content (AvgIpc) is 2.70. The molecule has 1 aromatic heterocycles. The number of hydrogen-bond donors (Lipinski definition) is 1. The van der Waals surface area contributed by atoms with Crippen molar-refractivity contribution in [2.45, 2.75) is 11.4 Å². The van der Waals surface area contributed by atoms with Crippen molar-refractivity contribution in [3.63, 3.8) is 0 Å². The first kappa shape index (κ1) is 13.0. The molecule has 0 amide bonds. The summed E-state index contributed by atoms with van der Waals surface area (Å²) in [5.74, 6) is -0.477. The average molecular weight is 290 g/mol. The maximum Gasteiger partial charge on any atom is 0.241 e. The van der Waals surface area contributed by atoms with Gasteiger partial charge < -0.3 is 0 Å². The lowest BCUT2D eigenvalue weighted by Crippen LogP contribution is -2.11. The molecular weight excluding hydrogens is 281 g/mol. The summed E-state index contributed by atoms with van der Waals surface area (Å²) in [6.45, 7) is 0.0958. The lowest BCUT2D eigenvalue weighted by molar-refractivity contribution is 0.584. The van der Waals surface area contributed by atoms with E-state index in [2.05, 4.69) is 5.10 Å². The van der Waals surface area contributed by atoms with Gasteiger partial charge in [-0.25, -0.2) is 17.9 Å². The Hall–Kier alpha value is -1.44. The number of halogens is 2. The first-order valence-corrected chi connectivity index (χ1v) is 6.78. The zero-order valence-corrected chi connectivity index (χ0v) is 10.6. The molecule has 0 unspecified atom stereocenters. The third-order valence-electron chi connectivity index (χ3n) is 2.29. The van der Waals surface area contributed by atoms with Gasteiger partial charge in [0.1, 0.15) is 10.7 Å². The van der Waals surface area contributed by atoms with Crippen LogP contribution in [-0.2, 0) is 16.6 Å². The van der Waals surface area contributed by atoms with Crippen molar-refractivity contribution in [3.8, 4) is 0 Å². The molecule has 2 aromatic rings. The molecule has 0 aliphatic rings. The van der Waals surface area contributed by atoms with Gasteiger partial charge in [0.05, 0.1) is 12.7 Å². The number of benzene rings is 1. The highest BCUT2D eigenvalue weighted by Gasteiger charge is 2.11. The quantitative estimate of drug-likeness (QED) is 0.927. The van der Waals surface area contributed by atoms with Gasteiger partial charge in [-0.05, 0) is 12.1 Å². The molecule has 0 aliphatic carbocycles. The molecular formula is C10H9ClFN3O2S. The van der Waals surface area contributed by atoms with Gasteiger partial charge in [-0.3, -0.25) is 4.68 Å². The van der Waals surface area contributed by atoms with Gasteiger partial charge in [0, 0.05) is 16.8 Å². The molecule has 1 aromatic carbocycles. The van der Waals surface area contributed by atoms with Crippen molar-refractivity contribution >= 4 is 21.6 Å². The van der Waals surface area contributed by atoms with Crippen LogP contribution in [0.3, 0.4) is 0 Å². The monoisotopic (exact) mass is 289 g/mol. The number of hydrogen-bond acceptors (Lipinski definition) is 3. The summed E-state index contributed by atoms with van der Waals surface area (Å²) in [7, 11) is -3.79. The van der Waals surface area contributed by atoms with Crippen LogP contribution in [0, 0.1) is 5.82 Å². The van der Waals surface area contributed by atoms with E-state index in [9.17, 15) is 12.8 Å². The predicted octanol–water partition coefficient (Wildman–Crippen LogP) is 1.37. The Balaban J connectivity index is 2.27. The van der Waals surface area contributed by atoms with Crippen LogP contribution in [0.1, 0.15) is 5.56 Å².